The van der Waals surface area contributed by atoms with Gasteiger partial charge in [-0.2, -0.15) is 18.4 Å². The van der Waals surface area contributed by atoms with Crippen LogP contribution in [0.3, 0.4) is 0 Å². The number of aromatic hydroxyl groups is 2. The Morgan fingerprint density at radius 3 is 2.48 bits per heavy atom. The van der Waals surface area contributed by atoms with Crippen LogP contribution in [0.15, 0.2) is 18.2 Å². The molecule has 0 spiro atoms. The summed E-state index contributed by atoms with van der Waals surface area (Å²) in [7, 11) is 0. The number of fused-ring (bicyclic) bond motifs is 5. The fourth-order valence-corrected chi connectivity index (χ4v) is 4.89. The first-order valence-electron chi connectivity index (χ1n) is 8.54. The van der Waals surface area contributed by atoms with Crippen LogP contribution in [0.25, 0.3) is 5.69 Å². The predicted molar refractivity (Wildman–Crippen MR) is 93.6 cm³/mol. The van der Waals surface area contributed by atoms with E-state index in [0.29, 0.717) is 6.07 Å². The van der Waals surface area contributed by atoms with E-state index in [9.17, 15) is 28.2 Å². The summed E-state index contributed by atoms with van der Waals surface area (Å²) in [6, 6.07) is 4.29. The molecule has 152 valence electrons. The molecule has 1 fully saturated rings. The summed E-state index contributed by atoms with van der Waals surface area (Å²) in [6.07, 6.45) is -4.66. The summed E-state index contributed by atoms with van der Waals surface area (Å²) in [6.45, 7) is 3.15. The molecule has 2 N–H and O–H groups in total. The number of carbonyl (C=O) groups excluding carboxylic acids is 1. The number of halogens is 4. The molecular formula is C19H14ClF3N2O4. The number of ether oxygens (including phenoxy) is 1. The van der Waals surface area contributed by atoms with E-state index in [4.69, 9.17) is 21.6 Å². The molecule has 0 aliphatic carbocycles. The number of alkyl halides is 3. The summed E-state index contributed by atoms with van der Waals surface area (Å²) < 4.78 is 46.8. The van der Waals surface area contributed by atoms with Crippen LogP contribution in [0.4, 0.5) is 13.2 Å². The normalized spacial score (nSPS) is 27.7. The molecular weight excluding hydrogens is 413 g/mol. The number of aromatic nitrogens is 1. The molecule has 2 aliphatic heterocycles. The minimum atomic E-state index is -4.81. The number of hydrogen-bond donors (Lipinski definition) is 2. The lowest BCUT2D eigenvalue weighted by atomic mass is 9.73. The molecule has 3 heterocycles. The van der Waals surface area contributed by atoms with E-state index in [2.05, 4.69) is 0 Å². The van der Waals surface area contributed by atoms with E-state index < -0.39 is 51.4 Å². The molecule has 2 aliphatic rings. The minimum absolute atomic E-state index is 0.112. The second-order valence-corrected chi connectivity index (χ2v) is 7.95. The van der Waals surface area contributed by atoms with E-state index in [1.165, 1.54) is 12.1 Å². The van der Waals surface area contributed by atoms with E-state index >= 15 is 0 Å². The number of benzene rings is 1. The molecule has 0 amide bonds. The second-order valence-electron chi connectivity index (χ2n) is 7.57. The van der Waals surface area contributed by atoms with Crippen LogP contribution >= 0.6 is 11.6 Å². The Morgan fingerprint density at radius 2 is 1.93 bits per heavy atom. The molecule has 10 heteroatoms. The van der Waals surface area contributed by atoms with E-state index in [0.717, 1.165) is 10.6 Å². The van der Waals surface area contributed by atoms with Crippen LogP contribution in [0, 0.1) is 17.2 Å². The average molecular weight is 427 g/mol. The van der Waals surface area contributed by atoms with Crippen molar-refractivity contribution in [1.29, 1.82) is 5.26 Å². The largest absolute Gasteiger partial charge is 0.494 e. The highest BCUT2D eigenvalue weighted by Crippen LogP contribution is 2.66. The summed E-state index contributed by atoms with van der Waals surface area (Å²) >= 11 is 5.69. The fraction of sp³-hybridized carbons (Fsp3) is 0.368. The lowest BCUT2D eigenvalue weighted by molar-refractivity contribution is -0.137. The van der Waals surface area contributed by atoms with Crippen molar-refractivity contribution >= 4 is 16.8 Å². The van der Waals surface area contributed by atoms with Gasteiger partial charge >= 0.3 is 6.18 Å². The van der Waals surface area contributed by atoms with Crippen molar-refractivity contribution in [3.8, 4) is 23.5 Å². The number of nitriles is 1. The maximum atomic E-state index is 13.3. The number of nitrogens with zero attached hydrogens (tertiary/aromatic N) is 2. The zero-order chi connectivity index (χ0) is 21.5. The highest BCUT2D eigenvalue weighted by atomic mass is 35.5. The number of hydrogen-bond acceptors (Lipinski definition) is 5. The summed E-state index contributed by atoms with van der Waals surface area (Å²) in [5, 5.41) is 29.9. The van der Waals surface area contributed by atoms with Crippen LogP contribution in [0.5, 0.6) is 11.8 Å². The van der Waals surface area contributed by atoms with Crippen molar-refractivity contribution in [2.45, 2.75) is 37.6 Å². The van der Waals surface area contributed by atoms with Gasteiger partial charge in [0.05, 0.1) is 45.5 Å². The lowest BCUT2D eigenvalue weighted by Crippen LogP contribution is -2.32. The van der Waals surface area contributed by atoms with Crippen molar-refractivity contribution < 1.29 is 32.9 Å². The predicted octanol–water partition coefficient (Wildman–Crippen LogP) is 4.02. The van der Waals surface area contributed by atoms with Gasteiger partial charge in [-0.3, -0.25) is 9.36 Å². The van der Waals surface area contributed by atoms with E-state index in [1.54, 1.807) is 13.8 Å². The molecule has 2 aromatic rings. The Kier molecular flexibility index (Phi) is 3.84. The van der Waals surface area contributed by atoms with Crippen molar-refractivity contribution in [1.82, 2.24) is 4.57 Å². The maximum absolute atomic E-state index is 13.3. The van der Waals surface area contributed by atoms with E-state index in [1.807, 2.05) is 0 Å². The smallest absolute Gasteiger partial charge is 0.417 e. The third-order valence-corrected chi connectivity index (χ3v) is 6.07. The fourth-order valence-electron chi connectivity index (χ4n) is 4.61. The van der Waals surface area contributed by atoms with Crippen LogP contribution in [0.2, 0.25) is 0 Å². The third kappa shape index (κ3) is 2.42. The highest BCUT2D eigenvalue weighted by Gasteiger charge is 2.66. The first-order valence-corrected chi connectivity index (χ1v) is 8.92. The van der Waals surface area contributed by atoms with Crippen molar-refractivity contribution in [3.63, 3.8) is 0 Å². The van der Waals surface area contributed by atoms with Crippen molar-refractivity contribution in [3.05, 3.63) is 40.5 Å². The standard InChI is InChI=1S/C19H14ClF3N2O4/c1-17-6-11(14(20)26)18(2,29-17)13-12(17)15(27)25(16(13)28)9-4-3-8(7-24)10(5-9)19(21,22)23/h3-5,11,27-28H,6H2,1-2H3/t11-,17?,18?/m0/s1. The highest BCUT2D eigenvalue weighted by molar-refractivity contribution is 6.64. The monoisotopic (exact) mass is 426 g/mol. The van der Waals surface area contributed by atoms with Crippen molar-refractivity contribution in [2.24, 2.45) is 5.92 Å². The quantitative estimate of drug-likeness (QED) is 0.707. The molecule has 3 atom stereocenters. The van der Waals surface area contributed by atoms with Crippen LogP contribution < -0.4 is 0 Å². The van der Waals surface area contributed by atoms with Gasteiger partial charge in [0.1, 0.15) is 5.60 Å². The van der Waals surface area contributed by atoms with Crippen LogP contribution in [0.1, 0.15) is 42.5 Å². The van der Waals surface area contributed by atoms with Gasteiger partial charge in [0, 0.05) is 0 Å². The summed E-state index contributed by atoms with van der Waals surface area (Å²) in [5.74, 6) is -1.85. The second kappa shape index (κ2) is 5.68. The van der Waals surface area contributed by atoms with E-state index in [-0.39, 0.29) is 23.2 Å². The molecule has 0 radical (unpaired) electrons. The van der Waals surface area contributed by atoms with Gasteiger partial charge in [0.25, 0.3) is 0 Å². The van der Waals surface area contributed by atoms with Crippen molar-refractivity contribution in [2.75, 3.05) is 0 Å². The zero-order valence-electron chi connectivity index (χ0n) is 15.1. The van der Waals surface area contributed by atoms with Gasteiger partial charge in [-0.1, -0.05) is 0 Å². The molecule has 4 rings (SSSR count). The Bertz CT molecular complexity index is 1120. The van der Waals surface area contributed by atoms with Gasteiger partial charge in [-0.15, -0.1) is 0 Å². The van der Waals surface area contributed by atoms with Gasteiger partial charge in [-0.05, 0) is 50.1 Å². The van der Waals surface area contributed by atoms with Crippen LogP contribution in [-0.4, -0.2) is 20.0 Å². The molecule has 1 saturated heterocycles. The third-order valence-electron chi connectivity index (χ3n) is 5.80. The Morgan fingerprint density at radius 1 is 1.31 bits per heavy atom. The Balaban J connectivity index is 1.97. The van der Waals surface area contributed by atoms with Crippen LogP contribution in [-0.2, 0) is 26.9 Å². The molecule has 1 aromatic heterocycles. The minimum Gasteiger partial charge on any atom is -0.494 e. The van der Waals surface area contributed by atoms with Gasteiger partial charge < -0.3 is 14.9 Å². The number of rotatable bonds is 2. The first-order chi connectivity index (χ1) is 13.3. The molecule has 6 nitrogen and oxygen atoms in total. The molecule has 2 unspecified atom stereocenters. The zero-order valence-corrected chi connectivity index (χ0v) is 15.9. The molecule has 1 aromatic carbocycles. The molecule has 2 bridgehead atoms. The summed E-state index contributed by atoms with van der Waals surface area (Å²) in [5.41, 5.74) is -4.15. The topological polar surface area (TPSA) is 95.5 Å². The Labute approximate surface area is 167 Å². The number of carbonyl (C=O) groups is 1. The maximum Gasteiger partial charge on any atom is 0.417 e. The molecule has 0 saturated carbocycles. The first kappa shape index (κ1) is 19.6. The lowest BCUT2D eigenvalue weighted by Gasteiger charge is -2.26. The molecule has 29 heavy (non-hydrogen) atoms. The SMILES string of the molecule is CC12C[C@@H](C(=O)Cl)C(C)(O1)c1c2c(O)n(-c2ccc(C#N)c(C(F)(F)F)c2)c1O. The van der Waals surface area contributed by atoms with Gasteiger partial charge in [0.15, 0.2) is 0 Å². The van der Waals surface area contributed by atoms with Gasteiger partial charge in [0.2, 0.25) is 17.0 Å². The van der Waals surface area contributed by atoms with Gasteiger partial charge in [-0.25, -0.2) is 0 Å². The average Bonchev–Trinajstić information content (AvgIpc) is 3.15. The summed E-state index contributed by atoms with van der Waals surface area (Å²) in [4.78, 5) is 11.9. The Hall–Kier alpha value is -2.70.